The van der Waals surface area contributed by atoms with Crippen LogP contribution < -0.4 is 10.6 Å². The van der Waals surface area contributed by atoms with Crippen molar-refractivity contribution in [3.63, 3.8) is 0 Å². The molecule has 1 saturated carbocycles. The third kappa shape index (κ3) is 4.88. The highest BCUT2D eigenvalue weighted by atomic mass is 16.5. The van der Waals surface area contributed by atoms with Crippen molar-refractivity contribution in [3.8, 4) is 0 Å². The summed E-state index contributed by atoms with van der Waals surface area (Å²) in [5.74, 6) is -0.881. The van der Waals surface area contributed by atoms with Crippen molar-refractivity contribution in [1.29, 1.82) is 0 Å². The van der Waals surface area contributed by atoms with Gasteiger partial charge in [-0.25, -0.2) is 9.59 Å². The summed E-state index contributed by atoms with van der Waals surface area (Å²) in [7, 11) is 0. The maximum Gasteiger partial charge on any atom is 0.326 e. The number of rotatable bonds is 4. The Bertz CT molecular complexity index is 369. The molecule has 0 radical (unpaired) electrons. The summed E-state index contributed by atoms with van der Waals surface area (Å²) in [5.41, 5.74) is 0. The van der Waals surface area contributed by atoms with Gasteiger partial charge in [-0.15, -0.1) is 0 Å². The largest absolute Gasteiger partial charge is 0.480 e. The molecule has 0 aromatic heterocycles. The molecule has 2 rings (SSSR count). The highest BCUT2D eigenvalue weighted by Crippen LogP contribution is 2.26. The number of amides is 2. The minimum Gasteiger partial charge on any atom is -0.480 e. The first kappa shape index (κ1) is 16.1. The summed E-state index contributed by atoms with van der Waals surface area (Å²) in [6.45, 7) is 2.62. The Hall–Kier alpha value is -1.30. The van der Waals surface area contributed by atoms with Gasteiger partial charge in [-0.2, -0.15) is 0 Å². The van der Waals surface area contributed by atoms with Crippen LogP contribution in [-0.4, -0.2) is 41.9 Å². The monoisotopic (exact) mass is 298 g/mol. The van der Waals surface area contributed by atoms with Crippen molar-refractivity contribution in [2.75, 3.05) is 6.61 Å². The van der Waals surface area contributed by atoms with Gasteiger partial charge in [0.15, 0.2) is 0 Å². The average molecular weight is 298 g/mol. The molecular formula is C15H26N2O4. The summed E-state index contributed by atoms with van der Waals surface area (Å²) in [6.07, 6.45) is 6.71. The molecule has 1 heterocycles. The second-order valence-corrected chi connectivity index (χ2v) is 6.23. The SMILES string of the molecule is CC1CC(NC(=O)NC(C(=O)O)C2CCCCC2)CCO1. The average Bonchev–Trinajstić information content (AvgIpc) is 2.45. The molecule has 1 aliphatic carbocycles. The molecular weight excluding hydrogens is 272 g/mol. The van der Waals surface area contributed by atoms with Crippen molar-refractivity contribution >= 4 is 12.0 Å². The summed E-state index contributed by atoms with van der Waals surface area (Å²) in [4.78, 5) is 23.5. The first-order valence-corrected chi connectivity index (χ1v) is 7.97. The number of carboxylic acid groups (broad SMARTS) is 1. The number of carbonyl (C=O) groups is 2. The minimum absolute atomic E-state index is 0.0515. The number of urea groups is 1. The lowest BCUT2D eigenvalue weighted by atomic mass is 9.84. The molecule has 2 fully saturated rings. The molecule has 3 atom stereocenters. The van der Waals surface area contributed by atoms with E-state index in [1.165, 1.54) is 0 Å². The number of ether oxygens (including phenoxy) is 1. The molecule has 0 bridgehead atoms. The van der Waals surface area contributed by atoms with Crippen molar-refractivity contribution in [2.45, 2.75) is 70.1 Å². The zero-order valence-electron chi connectivity index (χ0n) is 12.6. The molecule has 0 aromatic carbocycles. The Morgan fingerprint density at radius 3 is 2.52 bits per heavy atom. The molecule has 2 aliphatic rings. The van der Waals surface area contributed by atoms with Crippen molar-refractivity contribution in [2.24, 2.45) is 5.92 Å². The Balaban J connectivity index is 1.84. The van der Waals surface area contributed by atoms with Crippen LogP contribution in [0.3, 0.4) is 0 Å². The second-order valence-electron chi connectivity index (χ2n) is 6.23. The van der Waals surface area contributed by atoms with Gasteiger partial charge in [-0.05, 0) is 38.5 Å². The van der Waals surface area contributed by atoms with Crippen LogP contribution in [0.1, 0.15) is 51.9 Å². The van der Waals surface area contributed by atoms with E-state index in [1.807, 2.05) is 6.92 Å². The normalized spacial score (nSPS) is 28.6. The predicted molar refractivity (Wildman–Crippen MR) is 78.1 cm³/mol. The first-order chi connectivity index (χ1) is 10.1. The van der Waals surface area contributed by atoms with Gasteiger partial charge in [0.2, 0.25) is 0 Å². The van der Waals surface area contributed by atoms with Gasteiger partial charge >= 0.3 is 12.0 Å². The second kappa shape index (κ2) is 7.64. The van der Waals surface area contributed by atoms with Gasteiger partial charge in [-0.1, -0.05) is 19.3 Å². The molecule has 1 aliphatic heterocycles. The lowest BCUT2D eigenvalue weighted by Crippen LogP contribution is -2.53. The highest BCUT2D eigenvalue weighted by Gasteiger charge is 2.31. The maximum absolute atomic E-state index is 12.0. The van der Waals surface area contributed by atoms with E-state index < -0.39 is 12.0 Å². The lowest BCUT2D eigenvalue weighted by molar-refractivity contribution is -0.141. The molecule has 6 heteroatoms. The Morgan fingerprint density at radius 2 is 1.90 bits per heavy atom. The fraction of sp³-hybridized carbons (Fsp3) is 0.867. The van der Waals surface area contributed by atoms with E-state index in [0.29, 0.717) is 6.61 Å². The minimum atomic E-state index is -0.933. The number of hydrogen-bond donors (Lipinski definition) is 3. The Labute approximate surface area is 125 Å². The number of nitrogens with one attached hydrogen (secondary N) is 2. The zero-order valence-corrected chi connectivity index (χ0v) is 12.6. The predicted octanol–water partition coefficient (Wildman–Crippen LogP) is 1.89. The van der Waals surface area contributed by atoms with E-state index in [9.17, 15) is 14.7 Å². The smallest absolute Gasteiger partial charge is 0.326 e. The lowest BCUT2D eigenvalue weighted by Gasteiger charge is -2.31. The van der Waals surface area contributed by atoms with Crippen LogP contribution in [0.5, 0.6) is 0 Å². The van der Waals surface area contributed by atoms with E-state index in [-0.39, 0.29) is 24.1 Å². The zero-order chi connectivity index (χ0) is 15.2. The number of hydrogen-bond acceptors (Lipinski definition) is 3. The Kier molecular flexibility index (Phi) is 5.85. The number of carboxylic acids is 1. The van der Waals surface area contributed by atoms with Crippen LogP contribution in [0.15, 0.2) is 0 Å². The van der Waals surface area contributed by atoms with E-state index in [4.69, 9.17) is 4.74 Å². The van der Waals surface area contributed by atoms with E-state index in [1.54, 1.807) is 0 Å². The van der Waals surface area contributed by atoms with Crippen LogP contribution >= 0.6 is 0 Å². The molecule has 21 heavy (non-hydrogen) atoms. The van der Waals surface area contributed by atoms with Gasteiger partial charge in [0.1, 0.15) is 6.04 Å². The Morgan fingerprint density at radius 1 is 1.19 bits per heavy atom. The van der Waals surface area contributed by atoms with Crippen LogP contribution in [0.2, 0.25) is 0 Å². The van der Waals surface area contributed by atoms with Crippen molar-refractivity contribution in [3.05, 3.63) is 0 Å². The third-order valence-electron chi connectivity index (χ3n) is 4.49. The van der Waals surface area contributed by atoms with Gasteiger partial charge in [0.05, 0.1) is 6.10 Å². The van der Waals surface area contributed by atoms with Gasteiger partial charge in [0, 0.05) is 12.6 Å². The number of carbonyl (C=O) groups excluding carboxylic acids is 1. The third-order valence-corrected chi connectivity index (χ3v) is 4.49. The van der Waals surface area contributed by atoms with Crippen LogP contribution in [-0.2, 0) is 9.53 Å². The summed E-state index contributed by atoms with van der Waals surface area (Å²) in [5, 5.41) is 14.9. The standard InChI is InChI=1S/C15H26N2O4/c1-10-9-12(7-8-21-10)16-15(20)17-13(14(18)19)11-5-3-2-4-6-11/h10-13H,2-9H2,1H3,(H,18,19)(H2,16,17,20). The molecule has 1 saturated heterocycles. The van der Waals surface area contributed by atoms with Crippen molar-refractivity contribution < 1.29 is 19.4 Å². The molecule has 3 unspecified atom stereocenters. The molecule has 0 aromatic rings. The molecule has 2 amide bonds. The van der Waals surface area contributed by atoms with E-state index in [2.05, 4.69) is 10.6 Å². The highest BCUT2D eigenvalue weighted by molar-refractivity contribution is 5.82. The fourth-order valence-electron chi connectivity index (χ4n) is 3.35. The van der Waals surface area contributed by atoms with Crippen molar-refractivity contribution in [1.82, 2.24) is 10.6 Å². The van der Waals surface area contributed by atoms with Gasteiger partial charge in [-0.3, -0.25) is 0 Å². The van der Waals surface area contributed by atoms with Gasteiger partial charge < -0.3 is 20.5 Å². The molecule has 0 spiro atoms. The van der Waals surface area contributed by atoms with Crippen LogP contribution in [0.25, 0.3) is 0 Å². The first-order valence-electron chi connectivity index (χ1n) is 7.97. The fourth-order valence-corrected chi connectivity index (χ4v) is 3.35. The summed E-state index contributed by atoms with van der Waals surface area (Å²) in [6, 6.07) is -1.08. The van der Waals surface area contributed by atoms with Crippen LogP contribution in [0, 0.1) is 5.92 Å². The quantitative estimate of drug-likeness (QED) is 0.739. The number of aliphatic carboxylic acids is 1. The summed E-state index contributed by atoms with van der Waals surface area (Å²) < 4.78 is 5.44. The molecule has 3 N–H and O–H groups in total. The molecule has 6 nitrogen and oxygen atoms in total. The van der Waals surface area contributed by atoms with Gasteiger partial charge in [0.25, 0.3) is 0 Å². The molecule has 120 valence electrons. The van der Waals surface area contributed by atoms with Crippen LogP contribution in [0.4, 0.5) is 4.79 Å². The topological polar surface area (TPSA) is 87.7 Å². The van der Waals surface area contributed by atoms with E-state index in [0.717, 1.165) is 44.9 Å². The summed E-state index contributed by atoms with van der Waals surface area (Å²) >= 11 is 0. The van der Waals surface area contributed by atoms with E-state index >= 15 is 0 Å². The maximum atomic E-state index is 12.0.